The molecule has 0 atom stereocenters. The minimum Gasteiger partial charge on any atom is -0.493 e. The van der Waals surface area contributed by atoms with Crippen LogP contribution in [0.3, 0.4) is 0 Å². The Morgan fingerprint density at radius 1 is 1.04 bits per heavy atom. The smallest absolute Gasteiger partial charge is 0.162 e. The van der Waals surface area contributed by atoms with Gasteiger partial charge in [0.1, 0.15) is 19.3 Å². The maximum Gasteiger partial charge on any atom is 0.162 e. The van der Waals surface area contributed by atoms with Gasteiger partial charge in [-0.25, -0.2) is 4.68 Å². The zero-order valence-corrected chi connectivity index (χ0v) is 16.7. The van der Waals surface area contributed by atoms with Gasteiger partial charge in [0, 0.05) is 10.0 Å². The van der Waals surface area contributed by atoms with Gasteiger partial charge in [0.25, 0.3) is 0 Å². The van der Waals surface area contributed by atoms with E-state index in [9.17, 15) is 0 Å². The molecule has 0 saturated carbocycles. The van der Waals surface area contributed by atoms with Crippen molar-refractivity contribution in [2.45, 2.75) is 6.61 Å². The summed E-state index contributed by atoms with van der Waals surface area (Å²) in [6.07, 6.45) is 4.73. The predicted molar refractivity (Wildman–Crippen MR) is 112 cm³/mol. The van der Waals surface area contributed by atoms with Gasteiger partial charge in [-0.05, 0) is 44.4 Å². The quantitative estimate of drug-likeness (QED) is 0.412. The van der Waals surface area contributed by atoms with E-state index in [1.54, 1.807) is 13.3 Å². The molecule has 4 aromatic rings. The summed E-state index contributed by atoms with van der Waals surface area (Å²) in [5.74, 6) is 1.29. The number of aromatic nitrogens is 3. The average molecular weight is 437 g/mol. The van der Waals surface area contributed by atoms with Crippen LogP contribution in [0.1, 0.15) is 11.1 Å². The lowest BCUT2D eigenvalue weighted by molar-refractivity contribution is 0.285. The van der Waals surface area contributed by atoms with Crippen molar-refractivity contribution in [1.29, 1.82) is 0 Å². The van der Waals surface area contributed by atoms with Gasteiger partial charge in [-0.2, -0.15) is 5.10 Å². The van der Waals surface area contributed by atoms with Gasteiger partial charge >= 0.3 is 0 Å². The third-order valence-corrected chi connectivity index (χ3v) is 4.97. The number of nitrogens with zero attached hydrogens (tertiary/aromatic N) is 4. The molecule has 0 radical (unpaired) electrons. The third kappa shape index (κ3) is 3.89. The largest absolute Gasteiger partial charge is 0.493 e. The highest BCUT2D eigenvalue weighted by atomic mass is 79.9. The molecule has 6 nitrogen and oxygen atoms in total. The Morgan fingerprint density at radius 3 is 2.64 bits per heavy atom. The molecule has 7 heteroatoms. The molecule has 28 heavy (non-hydrogen) atoms. The minimum absolute atomic E-state index is 0.443. The van der Waals surface area contributed by atoms with Gasteiger partial charge < -0.3 is 9.47 Å². The van der Waals surface area contributed by atoms with Gasteiger partial charge in [-0.1, -0.05) is 42.5 Å². The summed E-state index contributed by atoms with van der Waals surface area (Å²) in [6.45, 7) is 0.443. The zero-order chi connectivity index (χ0) is 19.3. The van der Waals surface area contributed by atoms with Gasteiger partial charge in [0.2, 0.25) is 0 Å². The van der Waals surface area contributed by atoms with Crippen LogP contribution in [0.2, 0.25) is 0 Å². The summed E-state index contributed by atoms with van der Waals surface area (Å²) in [5.41, 5.74) is 1.97. The van der Waals surface area contributed by atoms with Crippen LogP contribution in [-0.4, -0.2) is 28.2 Å². The fourth-order valence-electron chi connectivity index (χ4n) is 2.88. The first-order valence-corrected chi connectivity index (χ1v) is 9.40. The normalized spacial score (nSPS) is 11.2. The fourth-order valence-corrected chi connectivity index (χ4v) is 3.30. The number of halogens is 1. The number of methoxy groups -OCH3 is 1. The van der Waals surface area contributed by atoms with Crippen LogP contribution in [-0.2, 0) is 6.61 Å². The zero-order valence-electron chi connectivity index (χ0n) is 15.1. The van der Waals surface area contributed by atoms with E-state index in [1.165, 1.54) is 28.1 Å². The Balaban J connectivity index is 1.58. The highest BCUT2D eigenvalue weighted by Gasteiger charge is 2.11. The van der Waals surface area contributed by atoms with Crippen molar-refractivity contribution in [2.75, 3.05) is 7.11 Å². The molecule has 140 valence electrons. The van der Waals surface area contributed by atoms with Crippen molar-refractivity contribution in [3.05, 3.63) is 82.9 Å². The summed E-state index contributed by atoms with van der Waals surface area (Å²) in [5, 5.41) is 14.1. The molecule has 0 aliphatic rings. The Morgan fingerprint density at radius 2 is 1.82 bits per heavy atom. The predicted octanol–water partition coefficient (Wildman–Crippen LogP) is 4.66. The van der Waals surface area contributed by atoms with Crippen LogP contribution in [0.25, 0.3) is 10.8 Å². The van der Waals surface area contributed by atoms with Gasteiger partial charge in [0.15, 0.2) is 11.5 Å². The molecule has 0 bridgehead atoms. The molecule has 4 rings (SSSR count). The second-order valence-electron chi connectivity index (χ2n) is 6.04. The number of rotatable bonds is 6. The van der Waals surface area contributed by atoms with E-state index in [2.05, 4.69) is 55.5 Å². The van der Waals surface area contributed by atoms with Crippen LogP contribution in [0.5, 0.6) is 11.5 Å². The summed E-state index contributed by atoms with van der Waals surface area (Å²) in [7, 11) is 1.62. The van der Waals surface area contributed by atoms with E-state index in [1.807, 2.05) is 30.3 Å². The summed E-state index contributed by atoms with van der Waals surface area (Å²) < 4.78 is 14.0. The average Bonchev–Trinajstić information content (AvgIpc) is 3.25. The highest BCUT2D eigenvalue weighted by Crippen LogP contribution is 2.34. The van der Waals surface area contributed by atoms with Crippen LogP contribution >= 0.6 is 15.9 Å². The lowest BCUT2D eigenvalue weighted by Gasteiger charge is -2.14. The number of hydrogen-bond acceptors (Lipinski definition) is 5. The SMILES string of the molecule is COc1cc(C=Nn2cnnc2)c(Br)cc1OCc1cccc2ccccc12. The van der Waals surface area contributed by atoms with Crippen molar-refractivity contribution >= 4 is 32.9 Å². The van der Waals surface area contributed by atoms with Crippen molar-refractivity contribution in [3.63, 3.8) is 0 Å². The molecule has 1 aromatic heterocycles. The van der Waals surface area contributed by atoms with Crippen LogP contribution in [0, 0.1) is 0 Å². The third-order valence-electron chi connectivity index (χ3n) is 4.28. The summed E-state index contributed by atoms with van der Waals surface area (Å²) >= 11 is 3.57. The van der Waals surface area contributed by atoms with Crippen molar-refractivity contribution in [1.82, 2.24) is 14.9 Å². The molecule has 0 aliphatic heterocycles. The maximum atomic E-state index is 6.08. The van der Waals surface area contributed by atoms with E-state index < -0.39 is 0 Å². The fraction of sp³-hybridized carbons (Fsp3) is 0.0952. The van der Waals surface area contributed by atoms with Crippen LogP contribution in [0.4, 0.5) is 0 Å². The first-order chi connectivity index (χ1) is 13.7. The molecule has 0 N–H and O–H groups in total. The van der Waals surface area contributed by atoms with Gasteiger partial charge in [0.05, 0.1) is 13.3 Å². The lowest BCUT2D eigenvalue weighted by Crippen LogP contribution is -2.00. The monoisotopic (exact) mass is 436 g/mol. The molecular formula is C21H17BrN4O2. The van der Waals surface area contributed by atoms with E-state index in [-0.39, 0.29) is 0 Å². The molecule has 1 heterocycles. The molecule has 0 unspecified atom stereocenters. The summed E-state index contributed by atoms with van der Waals surface area (Å²) in [4.78, 5) is 0. The molecule has 0 saturated heterocycles. The highest BCUT2D eigenvalue weighted by molar-refractivity contribution is 9.10. The molecule has 0 aliphatic carbocycles. The van der Waals surface area contributed by atoms with E-state index >= 15 is 0 Å². The van der Waals surface area contributed by atoms with E-state index in [0.717, 1.165) is 15.6 Å². The number of benzene rings is 3. The molecule has 3 aromatic carbocycles. The summed E-state index contributed by atoms with van der Waals surface area (Å²) in [6, 6.07) is 18.2. The Bertz CT molecular complexity index is 1120. The molecular weight excluding hydrogens is 420 g/mol. The van der Waals surface area contributed by atoms with Crippen molar-refractivity contribution in [3.8, 4) is 11.5 Å². The second-order valence-corrected chi connectivity index (χ2v) is 6.89. The molecule has 0 spiro atoms. The first kappa shape index (κ1) is 18.2. The van der Waals surface area contributed by atoms with Crippen LogP contribution < -0.4 is 9.47 Å². The number of fused-ring (bicyclic) bond motifs is 1. The van der Waals surface area contributed by atoms with E-state index in [4.69, 9.17) is 9.47 Å². The standard InChI is InChI=1S/C21H17BrN4O2/c1-27-20-9-17(11-25-26-13-23-24-14-26)19(22)10-21(20)28-12-16-7-4-6-15-5-2-3-8-18(15)16/h2-11,13-14H,12H2,1H3. The van der Waals surface area contributed by atoms with Crippen molar-refractivity contribution < 1.29 is 9.47 Å². The number of ether oxygens (including phenoxy) is 2. The maximum absolute atomic E-state index is 6.08. The van der Waals surface area contributed by atoms with Gasteiger partial charge in [-0.15, -0.1) is 10.2 Å². The lowest BCUT2D eigenvalue weighted by atomic mass is 10.1. The molecule has 0 fully saturated rings. The van der Waals surface area contributed by atoms with E-state index in [0.29, 0.717) is 18.1 Å². The number of hydrogen-bond donors (Lipinski definition) is 0. The molecule has 0 amide bonds. The first-order valence-electron chi connectivity index (χ1n) is 8.60. The second kappa shape index (κ2) is 8.22. The van der Waals surface area contributed by atoms with Gasteiger partial charge in [-0.3, -0.25) is 0 Å². The topological polar surface area (TPSA) is 61.5 Å². The van der Waals surface area contributed by atoms with Crippen LogP contribution in [0.15, 0.2) is 76.8 Å². The van der Waals surface area contributed by atoms with Crippen molar-refractivity contribution in [2.24, 2.45) is 5.10 Å². The Kier molecular flexibility index (Phi) is 5.34. The minimum atomic E-state index is 0.443. The Hall–Kier alpha value is -3.19. The Labute approximate surface area is 170 Å².